The van der Waals surface area contributed by atoms with E-state index in [1.165, 1.54) is 0 Å². The SMILES string of the molecule is COCC(C)CN1CC(C(C)(C)C)NCC1C. The zero-order chi connectivity index (χ0) is 13.1. The smallest absolute Gasteiger partial charge is 0.0500 e. The van der Waals surface area contributed by atoms with Crippen molar-refractivity contribution in [2.24, 2.45) is 11.3 Å². The molecule has 1 rings (SSSR count). The van der Waals surface area contributed by atoms with Gasteiger partial charge in [-0.05, 0) is 18.3 Å². The molecule has 0 amide bonds. The number of rotatable bonds is 4. The Hall–Kier alpha value is -0.120. The highest BCUT2D eigenvalue weighted by Gasteiger charge is 2.32. The van der Waals surface area contributed by atoms with E-state index < -0.39 is 0 Å². The molecule has 0 aromatic rings. The van der Waals surface area contributed by atoms with E-state index in [0.29, 0.717) is 23.4 Å². The van der Waals surface area contributed by atoms with E-state index in [2.05, 4.69) is 44.8 Å². The minimum Gasteiger partial charge on any atom is -0.384 e. The Kier molecular flexibility index (Phi) is 5.42. The highest BCUT2D eigenvalue weighted by atomic mass is 16.5. The van der Waals surface area contributed by atoms with Crippen molar-refractivity contribution in [2.45, 2.75) is 46.7 Å². The van der Waals surface area contributed by atoms with Crippen LogP contribution in [0.5, 0.6) is 0 Å². The van der Waals surface area contributed by atoms with Crippen LogP contribution in [0, 0.1) is 11.3 Å². The van der Waals surface area contributed by atoms with Gasteiger partial charge in [0.15, 0.2) is 0 Å². The maximum Gasteiger partial charge on any atom is 0.0500 e. The molecule has 3 heteroatoms. The summed E-state index contributed by atoms with van der Waals surface area (Å²) in [5.74, 6) is 0.612. The van der Waals surface area contributed by atoms with Gasteiger partial charge in [-0.3, -0.25) is 4.90 Å². The van der Waals surface area contributed by atoms with Crippen LogP contribution in [0.15, 0.2) is 0 Å². The molecule has 1 aliphatic heterocycles. The zero-order valence-corrected chi connectivity index (χ0v) is 12.4. The van der Waals surface area contributed by atoms with Gasteiger partial charge in [-0.2, -0.15) is 0 Å². The molecule has 1 heterocycles. The summed E-state index contributed by atoms with van der Waals surface area (Å²) in [6.45, 7) is 15.8. The number of piperazine rings is 1. The number of ether oxygens (including phenoxy) is 1. The molecule has 17 heavy (non-hydrogen) atoms. The molecular weight excluding hydrogens is 212 g/mol. The molecule has 0 saturated carbocycles. The fourth-order valence-electron chi connectivity index (χ4n) is 2.49. The Morgan fingerprint density at radius 1 is 1.41 bits per heavy atom. The van der Waals surface area contributed by atoms with E-state index in [1.54, 1.807) is 7.11 Å². The molecule has 0 spiro atoms. The third-order valence-electron chi connectivity index (χ3n) is 3.74. The van der Waals surface area contributed by atoms with Crippen LogP contribution in [-0.4, -0.2) is 50.3 Å². The lowest BCUT2D eigenvalue weighted by molar-refractivity contribution is 0.0628. The lowest BCUT2D eigenvalue weighted by Gasteiger charge is -2.44. The van der Waals surface area contributed by atoms with Crippen molar-refractivity contribution in [3.05, 3.63) is 0 Å². The summed E-state index contributed by atoms with van der Waals surface area (Å²) in [7, 11) is 1.79. The van der Waals surface area contributed by atoms with Crippen LogP contribution in [0.25, 0.3) is 0 Å². The first-order valence-corrected chi connectivity index (χ1v) is 6.81. The van der Waals surface area contributed by atoms with Gasteiger partial charge >= 0.3 is 0 Å². The molecule has 3 unspecified atom stereocenters. The van der Waals surface area contributed by atoms with Crippen molar-refractivity contribution in [3.8, 4) is 0 Å². The van der Waals surface area contributed by atoms with E-state index in [0.717, 1.165) is 26.2 Å². The van der Waals surface area contributed by atoms with Crippen molar-refractivity contribution in [3.63, 3.8) is 0 Å². The summed E-state index contributed by atoms with van der Waals surface area (Å²) in [5.41, 5.74) is 0.336. The van der Waals surface area contributed by atoms with Gasteiger partial charge in [-0.15, -0.1) is 0 Å². The van der Waals surface area contributed by atoms with Gasteiger partial charge < -0.3 is 10.1 Å². The van der Waals surface area contributed by atoms with E-state index in [9.17, 15) is 0 Å². The minimum atomic E-state index is 0.336. The first kappa shape index (κ1) is 14.9. The van der Waals surface area contributed by atoms with Crippen molar-refractivity contribution >= 4 is 0 Å². The minimum absolute atomic E-state index is 0.336. The van der Waals surface area contributed by atoms with E-state index in [1.807, 2.05) is 0 Å². The second kappa shape index (κ2) is 6.17. The number of hydrogen-bond donors (Lipinski definition) is 1. The molecule has 3 atom stereocenters. The quantitative estimate of drug-likeness (QED) is 0.816. The molecule has 1 N–H and O–H groups in total. The van der Waals surface area contributed by atoms with Crippen molar-refractivity contribution in [1.82, 2.24) is 10.2 Å². The normalized spacial score (nSPS) is 29.3. The standard InChI is InChI=1S/C14H30N2O/c1-11(10-17-6)8-16-9-13(14(3,4)5)15-7-12(16)2/h11-13,15H,7-10H2,1-6H3. The summed E-state index contributed by atoms with van der Waals surface area (Å²) < 4.78 is 5.23. The summed E-state index contributed by atoms with van der Waals surface area (Å²) >= 11 is 0. The van der Waals surface area contributed by atoms with Gasteiger partial charge in [-0.1, -0.05) is 27.7 Å². The second-order valence-electron chi connectivity index (χ2n) is 6.69. The van der Waals surface area contributed by atoms with Crippen LogP contribution in [0.1, 0.15) is 34.6 Å². The predicted octanol–water partition coefficient (Wildman–Crippen LogP) is 1.98. The average molecular weight is 242 g/mol. The molecule has 3 nitrogen and oxygen atoms in total. The maximum atomic E-state index is 5.23. The van der Waals surface area contributed by atoms with Crippen molar-refractivity contribution in [2.75, 3.05) is 33.4 Å². The molecule has 0 radical (unpaired) electrons. The monoisotopic (exact) mass is 242 g/mol. The summed E-state index contributed by atoms with van der Waals surface area (Å²) in [5, 5.41) is 3.67. The van der Waals surface area contributed by atoms with Crippen LogP contribution < -0.4 is 5.32 Å². The third-order valence-corrected chi connectivity index (χ3v) is 3.74. The molecule has 102 valence electrons. The molecule has 1 fully saturated rings. The Bertz CT molecular complexity index is 225. The van der Waals surface area contributed by atoms with E-state index in [-0.39, 0.29) is 0 Å². The lowest BCUT2D eigenvalue weighted by atomic mass is 9.84. The molecule has 0 aliphatic carbocycles. The van der Waals surface area contributed by atoms with Gasteiger partial charge in [0, 0.05) is 45.4 Å². The number of methoxy groups -OCH3 is 1. The fraction of sp³-hybridized carbons (Fsp3) is 1.00. The lowest BCUT2D eigenvalue weighted by Crippen LogP contribution is -2.60. The summed E-state index contributed by atoms with van der Waals surface area (Å²) in [6, 6.07) is 1.22. The van der Waals surface area contributed by atoms with Crippen LogP contribution in [0.2, 0.25) is 0 Å². The zero-order valence-electron chi connectivity index (χ0n) is 12.4. The van der Waals surface area contributed by atoms with Gasteiger partial charge in [0.1, 0.15) is 0 Å². The third kappa shape index (κ3) is 4.57. The first-order chi connectivity index (χ1) is 7.84. The fourth-order valence-corrected chi connectivity index (χ4v) is 2.49. The van der Waals surface area contributed by atoms with Gasteiger partial charge in [0.05, 0.1) is 0 Å². The average Bonchev–Trinajstić information content (AvgIpc) is 2.20. The van der Waals surface area contributed by atoms with E-state index in [4.69, 9.17) is 4.74 Å². The molecule has 0 aromatic heterocycles. The summed E-state index contributed by atoms with van der Waals surface area (Å²) in [4.78, 5) is 2.61. The molecular formula is C14H30N2O. The largest absolute Gasteiger partial charge is 0.384 e. The van der Waals surface area contributed by atoms with Crippen LogP contribution in [0.4, 0.5) is 0 Å². The molecule has 1 saturated heterocycles. The van der Waals surface area contributed by atoms with E-state index >= 15 is 0 Å². The van der Waals surface area contributed by atoms with Crippen LogP contribution >= 0.6 is 0 Å². The number of hydrogen-bond acceptors (Lipinski definition) is 3. The van der Waals surface area contributed by atoms with Gasteiger partial charge in [-0.25, -0.2) is 0 Å². The first-order valence-electron chi connectivity index (χ1n) is 6.81. The Morgan fingerprint density at radius 3 is 2.59 bits per heavy atom. The highest BCUT2D eigenvalue weighted by Crippen LogP contribution is 2.23. The molecule has 0 aromatic carbocycles. The Labute approximate surface area is 107 Å². The van der Waals surface area contributed by atoms with Gasteiger partial charge in [0.25, 0.3) is 0 Å². The number of nitrogens with one attached hydrogen (secondary N) is 1. The molecule has 0 bridgehead atoms. The Morgan fingerprint density at radius 2 is 2.06 bits per heavy atom. The summed E-state index contributed by atoms with van der Waals surface area (Å²) in [6.07, 6.45) is 0. The van der Waals surface area contributed by atoms with Crippen LogP contribution in [-0.2, 0) is 4.74 Å². The Balaban J connectivity index is 2.52. The maximum absolute atomic E-state index is 5.23. The highest BCUT2D eigenvalue weighted by molar-refractivity contribution is 4.90. The second-order valence-corrected chi connectivity index (χ2v) is 6.69. The van der Waals surface area contributed by atoms with Crippen molar-refractivity contribution < 1.29 is 4.74 Å². The predicted molar refractivity (Wildman–Crippen MR) is 73.3 cm³/mol. The topological polar surface area (TPSA) is 24.5 Å². The molecule has 1 aliphatic rings. The van der Waals surface area contributed by atoms with Crippen molar-refractivity contribution in [1.29, 1.82) is 0 Å². The van der Waals surface area contributed by atoms with Gasteiger partial charge in [0.2, 0.25) is 0 Å². The van der Waals surface area contributed by atoms with Crippen LogP contribution in [0.3, 0.4) is 0 Å². The number of nitrogens with zero attached hydrogens (tertiary/aromatic N) is 1.